The fourth-order valence-corrected chi connectivity index (χ4v) is 2.06. The number of phenolic OH excluding ortho intramolecular Hbond substituents is 1. The highest BCUT2D eigenvalue weighted by molar-refractivity contribution is 6.14. The van der Waals surface area contributed by atoms with E-state index in [1.807, 2.05) is 0 Å². The summed E-state index contributed by atoms with van der Waals surface area (Å²) in [6, 6.07) is 10.1. The summed E-state index contributed by atoms with van der Waals surface area (Å²) in [6.45, 7) is 0. The van der Waals surface area contributed by atoms with Crippen LogP contribution in [0.25, 0.3) is 6.08 Å². The quantitative estimate of drug-likeness (QED) is 0.520. The highest BCUT2D eigenvalue weighted by atomic mass is 16.6. The predicted molar refractivity (Wildman–Crippen MR) is 74.1 cm³/mol. The molecular formula is C15H9NO5. The molecule has 0 bridgehead atoms. The van der Waals surface area contributed by atoms with Gasteiger partial charge in [-0.3, -0.25) is 14.9 Å². The monoisotopic (exact) mass is 283 g/mol. The molecule has 0 spiro atoms. The molecular weight excluding hydrogens is 274 g/mol. The molecule has 2 aromatic rings. The van der Waals surface area contributed by atoms with Gasteiger partial charge in [0.1, 0.15) is 11.5 Å². The smallest absolute Gasteiger partial charge is 0.270 e. The van der Waals surface area contributed by atoms with Gasteiger partial charge in [-0.25, -0.2) is 0 Å². The van der Waals surface area contributed by atoms with Crippen molar-refractivity contribution in [2.24, 2.45) is 0 Å². The van der Waals surface area contributed by atoms with Crippen LogP contribution in [-0.4, -0.2) is 15.8 Å². The maximum atomic E-state index is 12.1. The molecule has 0 fully saturated rings. The van der Waals surface area contributed by atoms with Crippen LogP contribution in [0.5, 0.6) is 11.5 Å². The van der Waals surface area contributed by atoms with E-state index in [-0.39, 0.29) is 28.7 Å². The second-order valence-corrected chi connectivity index (χ2v) is 4.47. The van der Waals surface area contributed by atoms with Crippen LogP contribution in [0.2, 0.25) is 0 Å². The van der Waals surface area contributed by atoms with Crippen molar-refractivity contribution in [3.8, 4) is 11.5 Å². The Morgan fingerprint density at radius 2 is 2.00 bits per heavy atom. The largest absolute Gasteiger partial charge is 0.508 e. The number of allylic oxidation sites excluding steroid dienone is 1. The van der Waals surface area contributed by atoms with E-state index in [2.05, 4.69) is 0 Å². The van der Waals surface area contributed by atoms with E-state index < -0.39 is 4.92 Å². The van der Waals surface area contributed by atoms with E-state index in [1.54, 1.807) is 6.07 Å². The Morgan fingerprint density at radius 3 is 2.76 bits per heavy atom. The zero-order chi connectivity index (χ0) is 15.0. The zero-order valence-electron chi connectivity index (χ0n) is 10.6. The van der Waals surface area contributed by atoms with Gasteiger partial charge in [0.05, 0.1) is 10.5 Å². The Morgan fingerprint density at radius 1 is 1.19 bits per heavy atom. The fraction of sp³-hybridized carbons (Fsp3) is 0. The Balaban J connectivity index is 1.97. The van der Waals surface area contributed by atoms with Crippen LogP contribution < -0.4 is 4.74 Å². The summed E-state index contributed by atoms with van der Waals surface area (Å²) in [5.41, 5.74) is 0.777. The normalized spacial score (nSPS) is 14.9. The molecule has 1 N–H and O–H groups in total. The lowest BCUT2D eigenvalue weighted by molar-refractivity contribution is -0.384. The number of phenols is 1. The van der Waals surface area contributed by atoms with Crippen LogP contribution in [-0.2, 0) is 0 Å². The van der Waals surface area contributed by atoms with Crippen molar-refractivity contribution in [3.63, 3.8) is 0 Å². The number of nitro benzene ring substituents is 1. The van der Waals surface area contributed by atoms with Gasteiger partial charge in [0.25, 0.3) is 5.69 Å². The Labute approximate surface area is 119 Å². The van der Waals surface area contributed by atoms with E-state index >= 15 is 0 Å². The highest BCUT2D eigenvalue weighted by Crippen LogP contribution is 2.34. The standard InChI is InChI=1S/C15H9NO5/c17-11-4-5-12-13(8-11)21-14(15(12)18)7-9-2-1-3-10(6-9)16(19)20/h1-8,17H/b14-7+. The lowest BCUT2D eigenvalue weighted by Crippen LogP contribution is -1.98. The first-order valence-electron chi connectivity index (χ1n) is 6.06. The molecule has 6 heteroatoms. The molecule has 3 rings (SSSR count). The molecule has 2 aromatic carbocycles. The number of benzene rings is 2. The number of fused-ring (bicyclic) bond motifs is 1. The average molecular weight is 283 g/mol. The van der Waals surface area contributed by atoms with Gasteiger partial charge < -0.3 is 9.84 Å². The molecule has 21 heavy (non-hydrogen) atoms. The number of ketones is 1. The average Bonchev–Trinajstić information content (AvgIpc) is 2.75. The summed E-state index contributed by atoms with van der Waals surface area (Å²) < 4.78 is 5.39. The van der Waals surface area contributed by atoms with Gasteiger partial charge in [-0.15, -0.1) is 0 Å². The Bertz CT molecular complexity index is 794. The number of ether oxygens (including phenoxy) is 1. The lowest BCUT2D eigenvalue weighted by Gasteiger charge is -1.99. The van der Waals surface area contributed by atoms with Crippen LogP contribution in [0, 0.1) is 10.1 Å². The van der Waals surface area contributed by atoms with Gasteiger partial charge in [-0.2, -0.15) is 0 Å². The molecule has 0 radical (unpaired) electrons. The lowest BCUT2D eigenvalue weighted by atomic mass is 10.1. The van der Waals surface area contributed by atoms with E-state index in [0.717, 1.165) is 0 Å². The summed E-state index contributed by atoms with van der Waals surface area (Å²) in [5.74, 6) is 0.0161. The number of hydrogen-bond donors (Lipinski definition) is 1. The summed E-state index contributed by atoms with van der Waals surface area (Å²) in [4.78, 5) is 22.3. The van der Waals surface area contributed by atoms with Crippen molar-refractivity contribution in [2.75, 3.05) is 0 Å². The highest BCUT2D eigenvalue weighted by Gasteiger charge is 2.27. The molecule has 6 nitrogen and oxygen atoms in total. The number of rotatable bonds is 2. The third-order valence-electron chi connectivity index (χ3n) is 3.03. The number of aromatic hydroxyl groups is 1. The van der Waals surface area contributed by atoms with Crippen molar-refractivity contribution in [2.45, 2.75) is 0 Å². The van der Waals surface area contributed by atoms with Gasteiger partial charge >= 0.3 is 0 Å². The summed E-state index contributed by atoms with van der Waals surface area (Å²) in [5, 5.41) is 20.1. The van der Waals surface area contributed by atoms with Gasteiger partial charge in [-0.1, -0.05) is 12.1 Å². The van der Waals surface area contributed by atoms with Gasteiger partial charge in [-0.05, 0) is 23.8 Å². The minimum atomic E-state index is -0.508. The maximum Gasteiger partial charge on any atom is 0.270 e. The number of Topliss-reactive ketones (excluding diaryl/α,β-unsaturated/α-hetero) is 1. The van der Waals surface area contributed by atoms with Crippen molar-refractivity contribution < 1.29 is 19.6 Å². The van der Waals surface area contributed by atoms with Crippen LogP contribution in [0.15, 0.2) is 48.2 Å². The first-order valence-corrected chi connectivity index (χ1v) is 6.06. The first kappa shape index (κ1) is 12.9. The molecule has 1 heterocycles. The zero-order valence-corrected chi connectivity index (χ0v) is 10.6. The minimum absolute atomic E-state index is 0.00171. The van der Waals surface area contributed by atoms with E-state index in [1.165, 1.54) is 42.5 Å². The third-order valence-corrected chi connectivity index (χ3v) is 3.03. The number of carbonyl (C=O) groups is 1. The number of carbonyl (C=O) groups excluding carboxylic acids is 1. The maximum absolute atomic E-state index is 12.1. The van der Waals surface area contributed by atoms with Crippen LogP contribution in [0.3, 0.4) is 0 Å². The second-order valence-electron chi connectivity index (χ2n) is 4.47. The summed E-state index contributed by atoms with van der Waals surface area (Å²) in [6.07, 6.45) is 1.44. The van der Waals surface area contributed by atoms with E-state index in [0.29, 0.717) is 11.1 Å². The topological polar surface area (TPSA) is 89.7 Å². The molecule has 0 aromatic heterocycles. The third kappa shape index (κ3) is 2.34. The fourth-order valence-electron chi connectivity index (χ4n) is 2.06. The molecule has 0 aliphatic carbocycles. The number of nitrogens with zero attached hydrogens (tertiary/aromatic N) is 1. The summed E-state index contributed by atoms with van der Waals surface area (Å²) >= 11 is 0. The number of hydrogen-bond acceptors (Lipinski definition) is 5. The molecule has 1 aliphatic rings. The van der Waals surface area contributed by atoms with Crippen LogP contribution in [0.1, 0.15) is 15.9 Å². The van der Waals surface area contributed by atoms with Gasteiger partial charge in [0.15, 0.2) is 5.76 Å². The predicted octanol–water partition coefficient (Wildman–Crippen LogP) is 2.92. The van der Waals surface area contributed by atoms with Crippen LogP contribution in [0.4, 0.5) is 5.69 Å². The van der Waals surface area contributed by atoms with Gasteiger partial charge in [0, 0.05) is 18.2 Å². The van der Waals surface area contributed by atoms with Crippen LogP contribution >= 0.6 is 0 Å². The molecule has 0 amide bonds. The molecule has 0 saturated heterocycles. The number of non-ortho nitro benzene ring substituents is 1. The van der Waals surface area contributed by atoms with Crippen molar-refractivity contribution in [3.05, 3.63) is 69.5 Å². The SMILES string of the molecule is O=C1/C(=C\c2cccc([N+](=O)[O-])c2)Oc2cc(O)ccc21. The van der Waals surface area contributed by atoms with Crippen molar-refractivity contribution in [1.82, 2.24) is 0 Å². The summed E-state index contributed by atoms with van der Waals surface area (Å²) in [7, 11) is 0. The van der Waals surface area contributed by atoms with E-state index in [9.17, 15) is 20.0 Å². The Kier molecular flexibility index (Phi) is 2.91. The Hall–Kier alpha value is -3.15. The minimum Gasteiger partial charge on any atom is -0.508 e. The molecule has 1 aliphatic heterocycles. The molecule has 0 unspecified atom stereocenters. The van der Waals surface area contributed by atoms with Crippen molar-refractivity contribution in [1.29, 1.82) is 0 Å². The number of nitro groups is 1. The molecule has 0 saturated carbocycles. The van der Waals surface area contributed by atoms with Crippen molar-refractivity contribution >= 4 is 17.5 Å². The molecule has 104 valence electrons. The first-order chi connectivity index (χ1) is 10.0. The van der Waals surface area contributed by atoms with Gasteiger partial charge in [0.2, 0.25) is 5.78 Å². The second kappa shape index (κ2) is 4.75. The molecule has 0 atom stereocenters. The van der Waals surface area contributed by atoms with E-state index in [4.69, 9.17) is 4.74 Å².